The second-order valence-corrected chi connectivity index (χ2v) is 0. The first-order valence-electron chi connectivity index (χ1n) is 0. The summed E-state index contributed by atoms with van der Waals surface area (Å²) in [5, 5.41) is 0. The normalized spacial score (nSPS) is 0. The summed E-state index contributed by atoms with van der Waals surface area (Å²) in [6.07, 6.45) is 0. The fourth-order valence-corrected chi connectivity index (χ4v) is 0. The summed E-state index contributed by atoms with van der Waals surface area (Å²) < 4.78 is 0. The summed E-state index contributed by atoms with van der Waals surface area (Å²) in [7, 11) is 0. The number of hydrogen-bond acceptors (Lipinski definition) is 0. The first kappa shape index (κ1) is 46.6. The van der Waals surface area contributed by atoms with Gasteiger partial charge in [0.15, 0.2) is 0 Å². The molecule has 5 heavy (non-hydrogen) atoms. The molecule has 0 aliphatic rings. The van der Waals surface area contributed by atoms with Crippen LogP contribution in [0.15, 0.2) is 0 Å². The molecule has 0 aromatic carbocycles. The molecule has 0 aliphatic heterocycles. The molecule has 0 N–H and O–H groups in total. The van der Waals surface area contributed by atoms with Gasteiger partial charge in [0.25, 0.3) is 0 Å². The zero-order valence-electron chi connectivity index (χ0n) is 2.04. The molecular weight excluding hydrogens is 293 g/mol. The molecule has 0 aliphatic carbocycles. The minimum absolute atomic E-state index is 0. The minimum Gasteiger partial charge on any atom is 0 e. The van der Waals surface area contributed by atoms with E-state index in [2.05, 4.69) is 0 Å². The van der Waals surface area contributed by atoms with Gasteiger partial charge in [-0.2, -0.15) is 0 Å². The van der Waals surface area contributed by atoms with Gasteiger partial charge in [-0.1, -0.05) is 0 Å². The third kappa shape index (κ3) is 20.1. The van der Waals surface area contributed by atoms with Gasteiger partial charge in [0.2, 0.25) is 0 Å². The van der Waals surface area contributed by atoms with Gasteiger partial charge in [-0.25, -0.2) is 0 Å². The van der Waals surface area contributed by atoms with E-state index in [4.69, 9.17) is 0 Å². The predicted octanol–water partition coefficient (Wildman–Crippen LogP) is -0.391. The van der Waals surface area contributed by atoms with Gasteiger partial charge in [-0.15, -0.1) is 0 Å². The molecule has 0 saturated carbocycles. The Morgan fingerprint density at radius 3 is 1.00 bits per heavy atom. The van der Waals surface area contributed by atoms with E-state index in [0.29, 0.717) is 0 Å². The molecule has 0 unspecified atom stereocenters. The summed E-state index contributed by atoms with van der Waals surface area (Å²) in [6, 6.07) is 0. The van der Waals surface area contributed by atoms with Crippen molar-refractivity contribution in [2.75, 3.05) is 0 Å². The maximum atomic E-state index is 0. The molecule has 0 spiro atoms. The Kier molecular flexibility index (Phi) is 275. The molecule has 0 rings (SSSR count). The van der Waals surface area contributed by atoms with E-state index in [0.717, 1.165) is 0 Å². The van der Waals surface area contributed by atoms with Gasteiger partial charge in [0, 0.05) is 89.1 Å². The van der Waals surface area contributed by atoms with Gasteiger partial charge < -0.3 is 0 Å². The molecule has 0 fully saturated rings. The molecule has 0 atom stereocenters. The molecule has 0 aromatic heterocycles. The van der Waals surface area contributed by atoms with Gasteiger partial charge >= 0.3 is 0 Å². The second-order valence-electron chi connectivity index (χ2n) is 0. The second kappa shape index (κ2) is 29.5. The maximum absolute atomic E-state index is 0. The Hall–Kier alpha value is 2.75. The molecule has 0 amide bonds. The Morgan fingerprint density at radius 1 is 1.00 bits per heavy atom. The topological polar surface area (TPSA) is 0 Å². The zero-order chi connectivity index (χ0) is 0. The summed E-state index contributed by atoms with van der Waals surface area (Å²) >= 11 is 0. The van der Waals surface area contributed by atoms with E-state index in [1.54, 1.807) is 0 Å². The molecule has 0 aromatic rings. The fourth-order valence-electron chi connectivity index (χ4n) is 0. The fraction of sp³-hybridized carbons (Fsp3) is 0. The van der Waals surface area contributed by atoms with E-state index < -0.39 is 0 Å². The van der Waals surface area contributed by atoms with Crippen LogP contribution in [-0.4, -0.2) is 17.4 Å². The van der Waals surface area contributed by atoms with E-state index in [-0.39, 0.29) is 89.1 Å². The summed E-state index contributed by atoms with van der Waals surface area (Å²) in [5.41, 5.74) is 0. The van der Waals surface area contributed by atoms with Crippen LogP contribution in [0.3, 0.4) is 0 Å². The third-order valence-electron chi connectivity index (χ3n) is 0. The van der Waals surface area contributed by atoms with Crippen LogP contribution in [0, 0.1) is 0 Å². The largest absolute Gasteiger partial charge is 0 e. The standard InChI is InChI=1S/Al.Co.Cr.Mo.Ni. The number of rotatable bonds is 0. The monoisotopic (exact) mass is 294 g/mol. The Bertz CT molecular complexity index is 11.6. The molecule has 0 heterocycles. The Labute approximate surface area is 87.9 Å². The predicted molar refractivity (Wildman–Crippen MR) is 5.75 cm³/mol. The average molecular weight is 293 g/mol. The van der Waals surface area contributed by atoms with Crippen LogP contribution < -0.4 is 0 Å². The summed E-state index contributed by atoms with van der Waals surface area (Å²) in [4.78, 5) is 0. The van der Waals surface area contributed by atoms with Crippen LogP contribution in [-0.2, 0) is 71.7 Å². The van der Waals surface area contributed by atoms with Crippen LogP contribution in [0.2, 0.25) is 0 Å². The number of hydrogen-bond donors (Lipinski definition) is 0. The van der Waals surface area contributed by atoms with E-state index in [1.807, 2.05) is 0 Å². The summed E-state index contributed by atoms with van der Waals surface area (Å²) in [6.45, 7) is 0. The van der Waals surface area contributed by atoms with Gasteiger partial charge in [0.1, 0.15) is 0 Å². The average Bonchev–Trinajstić information content (AvgIpc) is 0. The molecule has 34 valence electrons. The van der Waals surface area contributed by atoms with Crippen molar-refractivity contribution in [2.45, 2.75) is 0 Å². The van der Waals surface area contributed by atoms with Crippen molar-refractivity contribution in [3.05, 3.63) is 0 Å². The van der Waals surface area contributed by atoms with Crippen LogP contribution in [0.25, 0.3) is 0 Å². The van der Waals surface area contributed by atoms with Crippen LogP contribution >= 0.6 is 0 Å². The van der Waals surface area contributed by atoms with Gasteiger partial charge in [-0.05, 0) is 0 Å². The third-order valence-corrected chi connectivity index (χ3v) is 0. The van der Waals surface area contributed by atoms with Crippen LogP contribution in [0.1, 0.15) is 0 Å². The first-order chi connectivity index (χ1) is 0. The molecule has 4 radical (unpaired) electrons. The van der Waals surface area contributed by atoms with Crippen LogP contribution in [0.5, 0.6) is 0 Å². The Balaban J connectivity index is 0. The van der Waals surface area contributed by atoms with Gasteiger partial charge in [0.05, 0.1) is 0 Å². The van der Waals surface area contributed by atoms with E-state index in [9.17, 15) is 0 Å². The zero-order valence-corrected chi connectivity index (χ0v) is 8.51. The van der Waals surface area contributed by atoms with Crippen molar-refractivity contribution in [3.63, 3.8) is 0 Å². The van der Waals surface area contributed by atoms with Crippen molar-refractivity contribution >= 4 is 17.4 Å². The van der Waals surface area contributed by atoms with Crippen molar-refractivity contribution in [1.82, 2.24) is 0 Å². The van der Waals surface area contributed by atoms with E-state index in [1.165, 1.54) is 0 Å². The smallest absolute Gasteiger partial charge is 0 e. The summed E-state index contributed by atoms with van der Waals surface area (Å²) in [5.74, 6) is 0. The van der Waals surface area contributed by atoms with Crippen molar-refractivity contribution in [1.29, 1.82) is 0 Å². The SMILES string of the molecule is [Al].[Co].[Cr].[Mo].[Ni]. The quantitative estimate of drug-likeness (QED) is 0.534. The molecule has 0 bridgehead atoms. The van der Waals surface area contributed by atoms with Crippen molar-refractivity contribution in [2.24, 2.45) is 0 Å². The molecule has 0 nitrogen and oxygen atoms in total. The Morgan fingerprint density at radius 2 is 1.00 bits per heavy atom. The molecule has 5 heteroatoms. The minimum atomic E-state index is 0. The molecule has 0 saturated heterocycles. The van der Waals surface area contributed by atoms with E-state index >= 15 is 0 Å². The maximum Gasteiger partial charge on any atom is 0 e. The van der Waals surface area contributed by atoms with Crippen LogP contribution in [0.4, 0.5) is 0 Å². The van der Waals surface area contributed by atoms with Gasteiger partial charge in [-0.3, -0.25) is 0 Å². The molecular formula is AlCoCrMoNi. The van der Waals surface area contributed by atoms with Crippen molar-refractivity contribution in [3.8, 4) is 0 Å². The van der Waals surface area contributed by atoms with Crippen molar-refractivity contribution < 1.29 is 71.7 Å². The first-order valence-corrected chi connectivity index (χ1v) is 0.